The maximum atomic E-state index is 13.3. The highest BCUT2D eigenvalue weighted by molar-refractivity contribution is 6.23. The average Bonchev–Trinajstić information content (AvgIpc) is 2.63. The number of carbonyl (C=O) groups excluding carboxylic acids is 1. The van der Waals surface area contributed by atoms with Crippen LogP contribution in [0.5, 0.6) is 0 Å². The predicted molar refractivity (Wildman–Crippen MR) is 75.9 cm³/mol. The Morgan fingerprint density at radius 1 is 1.38 bits per heavy atom. The van der Waals surface area contributed by atoms with Gasteiger partial charge in [-0.05, 0) is 30.0 Å². The highest BCUT2D eigenvalue weighted by atomic mass is 19.1. The number of carboxylic acids is 1. The summed E-state index contributed by atoms with van der Waals surface area (Å²) in [5.74, 6) is -1.85. The van der Waals surface area contributed by atoms with Crippen LogP contribution in [0.3, 0.4) is 0 Å². The van der Waals surface area contributed by atoms with E-state index in [0.717, 1.165) is 0 Å². The van der Waals surface area contributed by atoms with Gasteiger partial charge in [-0.25, -0.2) is 9.18 Å². The minimum Gasteiger partial charge on any atom is -0.480 e. The van der Waals surface area contributed by atoms with Crippen molar-refractivity contribution in [2.45, 2.75) is 33.2 Å². The number of nitrogens with one attached hydrogen (secondary N) is 1. The van der Waals surface area contributed by atoms with Crippen molar-refractivity contribution in [3.8, 4) is 0 Å². The van der Waals surface area contributed by atoms with Crippen LogP contribution in [0.4, 0.5) is 4.39 Å². The second-order valence-corrected chi connectivity index (χ2v) is 6.24. The van der Waals surface area contributed by atoms with Crippen LogP contribution >= 0.6 is 0 Å². The number of amidine groups is 1. The van der Waals surface area contributed by atoms with E-state index in [4.69, 9.17) is 0 Å². The Morgan fingerprint density at radius 3 is 2.62 bits per heavy atom. The van der Waals surface area contributed by atoms with Crippen LogP contribution < -0.4 is 5.32 Å². The largest absolute Gasteiger partial charge is 0.480 e. The quantitative estimate of drug-likeness (QED) is 0.896. The molecule has 1 aliphatic rings. The number of halogens is 1. The number of hydrogen-bond donors (Lipinski definition) is 2. The molecular weight excluding hydrogens is 275 g/mol. The summed E-state index contributed by atoms with van der Waals surface area (Å²) in [5.41, 5.74) is 0.371. The zero-order valence-corrected chi connectivity index (χ0v) is 12.1. The van der Waals surface area contributed by atoms with Gasteiger partial charge >= 0.3 is 5.97 Å². The number of carbonyl (C=O) groups is 2. The van der Waals surface area contributed by atoms with Gasteiger partial charge in [-0.2, -0.15) is 0 Å². The highest BCUT2D eigenvalue weighted by Crippen LogP contribution is 2.24. The molecule has 0 saturated heterocycles. The second kappa shape index (κ2) is 5.27. The third-order valence-corrected chi connectivity index (χ3v) is 3.09. The number of fused-ring (bicyclic) bond motifs is 1. The summed E-state index contributed by atoms with van der Waals surface area (Å²) in [4.78, 5) is 27.2. The van der Waals surface area contributed by atoms with Gasteiger partial charge in [-0.15, -0.1) is 0 Å². The Labute approximate surface area is 121 Å². The Kier molecular flexibility index (Phi) is 3.80. The Hall–Kier alpha value is -2.24. The molecule has 0 aliphatic carbocycles. The molecule has 1 aliphatic heterocycles. The number of carboxylic acid groups (broad SMARTS) is 1. The molecule has 0 saturated carbocycles. The summed E-state index contributed by atoms with van der Waals surface area (Å²) >= 11 is 0. The highest BCUT2D eigenvalue weighted by Gasteiger charge is 2.29. The molecule has 1 aromatic rings. The monoisotopic (exact) mass is 292 g/mol. The van der Waals surface area contributed by atoms with Crippen LogP contribution in [0.1, 0.15) is 43.1 Å². The fraction of sp³-hybridized carbons (Fsp3) is 0.400. The van der Waals surface area contributed by atoms with Gasteiger partial charge in [-0.1, -0.05) is 20.8 Å². The number of aliphatic carboxylic acids is 1. The molecule has 6 heteroatoms. The zero-order valence-electron chi connectivity index (χ0n) is 12.1. The van der Waals surface area contributed by atoms with E-state index < -0.39 is 23.7 Å². The van der Waals surface area contributed by atoms with E-state index >= 15 is 0 Å². The predicted octanol–water partition coefficient (Wildman–Crippen LogP) is 2.21. The van der Waals surface area contributed by atoms with Crippen LogP contribution in [0, 0.1) is 11.2 Å². The van der Waals surface area contributed by atoms with E-state index in [9.17, 15) is 19.1 Å². The first-order valence-corrected chi connectivity index (χ1v) is 6.59. The molecule has 2 rings (SSSR count). The minimum absolute atomic E-state index is 0.117. The smallest absolute Gasteiger partial charge is 0.328 e. The van der Waals surface area contributed by atoms with Gasteiger partial charge < -0.3 is 10.4 Å². The van der Waals surface area contributed by atoms with Crippen LogP contribution in [-0.2, 0) is 4.79 Å². The number of nitrogens with zero attached hydrogens (tertiary/aromatic N) is 1. The van der Waals surface area contributed by atoms with E-state index in [1.54, 1.807) is 0 Å². The molecule has 0 radical (unpaired) electrons. The zero-order chi connectivity index (χ0) is 15.8. The lowest BCUT2D eigenvalue weighted by atomic mass is 9.88. The summed E-state index contributed by atoms with van der Waals surface area (Å²) in [5, 5.41) is 11.8. The van der Waals surface area contributed by atoms with Crippen molar-refractivity contribution in [3.05, 3.63) is 35.1 Å². The van der Waals surface area contributed by atoms with Crippen molar-refractivity contribution in [2.75, 3.05) is 0 Å². The molecule has 1 heterocycles. The van der Waals surface area contributed by atoms with Crippen molar-refractivity contribution < 1.29 is 19.1 Å². The minimum atomic E-state index is -1.07. The molecule has 112 valence electrons. The number of benzene rings is 1. The third kappa shape index (κ3) is 3.45. The van der Waals surface area contributed by atoms with Crippen molar-refractivity contribution in [1.29, 1.82) is 0 Å². The SMILES string of the molecule is CC(C)(C)CC(N=C1NC(=O)c2ccc(F)cc21)C(=O)O. The van der Waals surface area contributed by atoms with E-state index in [1.165, 1.54) is 18.2 Å². The molecule has 0 fully saturated rings. The van der Waals surface area contributed by atoms with Crippen molar-refractivity contribution in [3.63, 3.8) is 0 Å². The standard InChI is InChI=1S/C15H17FN2O3/c1-15(2,3)7-11(14(20)21)17-12-10-6-8(16)4-5-9(10)13(19)18-12/h4-6,11H,7H2,1-3H3,(H,20,21)(H,17,18,19). The fourth-order valence-electron chi connectivity index (χ4n) is 2.18. The van der Waals surface area contributed by atoms with E-state index in [2.05, 4.69) is 10.3 Å². The Morgan fingerprint density at radius 2 is 2.05 bits per heavy atom. The first kappa shape index (κ1) is 15.2. The Bertz CT molecular complexity index is 632. The van der Waals surface area contributed by atoms with Gasteiger partial charge in [0.25, 0.3) is 5.91 Å². The van der Waals surface area contributed by atoms with Crippen LogP contribution in [0.15, 0.2) is 23.2 Å². The van der Waals surface area contributed by atoms with E-state index in [-0.39, 0.29) is 11.3 Å². The lowest BCUT2D eigenvalue weighted by molar-refractivity contribution is -0.139. The van der Waals surface area contributed by atoms with Crippen LogP contribution in [0.25, 0.3) is 0 Å². The lowest BCUT2D eigenvalue weighted by Crippen LogP contribution is -2.29. The van der Waals surface area contributed by atoms with Gasteiger partial charge in [0.05, 0.1) is 5.56 Å². The summed E-state index contributed by atoms with van der Waals surface area (Å²) in [6, 6.07) is 2.74. The van der Waals surface area contributed by atoms with E-state index in [0.29, 0.717) is 17.5 Å². The summed E-state index contributed by atoms with van der Waals surface area (Å²) in [6.07, 6.45) is 0.312. The average molecular weight is 292 g/mol. The van der Waals surface area contributed by atoms with Gasteiger partial charge in [0.15, 0.2) is 0 Å². The van der Waals surface area contributed by atoms with E-state index in [1.807, 2.05) is 20.8 Å². The molecular formula is C15H17FN2O3. The topological polar surface area (TPSA) is 78.8 Å². The van der Waals surface area contributed by atoms with Crippen molar-refractivity contribution in [2.24, 2.45) is 10.4 Å². The second-order valence-electron chi connectivity index (χ2n) is 6.24. The molecule has 5 nitrogen and oxygen atoms in total. The molecule has 2 N–H and O–H groups in total. The van der Waals surface area contributed by atoms with Crippen LogP contribution in [-0.4, -0.2) is 28.9 Å². The maximum absolute atomic E-state index is 13.3. The molecule has 0 aromatic heterocycles. The fourth-order valence-corrected chi connectivity index (χ4v) is 2.18. The summed E-state index contributed by atoms with van der Waals surface area (Å²) in [6.45, 7) is 5.72. The Balaban J connectivity index is 2.40. The number of rotatable bonds is 3. The molecule has 0 spiro atoms. The molecule has 1 unspecified atom stereocenters. The number of aliphatic imine (C=N–C) groups is 1. The summed E-state index contributed by atoms with van der Waals surface area (Å²) < 4.78 is 13.3. The molecule has 0 bridgehead atoms. The molecule has 21 heavy (non-hydrogen) atoms. The van der Waals surface area contributed by atoms with Gasteiger partial charge in [-0.3, -0.25) is 9.79 Å². The third-order valence-electron chi connectivity index (χ3n) is 3.09. The summed E-state index contributed by atoms with van der Waals surface area (Å²) in [7, 11) is 0. The first-order valence-electron chi connectivity index (χ1n) is 6.59. The van der Waals surface area contributed by atoms with Crippen molar-refractivity contribution >= 4 is 17.7 Å². The first-order chi connectivity index (χ1) is 9.67. The van der Waals surface area contributed by atoms with Gasteiger partial charge in [0, 0.05) is 5.56 Å². The molecule has 1 aromatic carbocycles. The molecule has 1 amide bonds. The maximum Gasteiger partial charge on any atom is 0.328 e. The van der Waals surface area contributed by atoms with Gasteiger partial charge in [0.2, 0.25) is 0 Å². The molecule has 1 atom stereocenters. The number of hydrogen-bond acceptors (Lipinski definition) is 3. The van der Waals surface area contributed by atoms with Crippen molar-refractivity contribution in [1.82, 2.24) is 5.32 Å². The van der Waals surface area contributed by atoms with Crippen LogP contribution in [0.2, 0.25) is 0 Å². The van der Waals surface area contributed by atoms with Gasteiger partial charge in [0.1, 0.15) is 17.7 Å². The lowest BCUT2D eigenvalue weighted by Gasteiger charge is -2.21. The normalized spacial score (nSPS) is 17.5. The number of amides is 1.